The summed E-state index contributed by atoms with van der Waals surface area (Å²) in [7, 11) is 0. The van der Waals surface area contributed by atoms with E-state index in [1.807, 2.05) is 43.3 Å². The molecule has 0 saturated carbocycles. The summed E-state index contributed by atoms with van der Waals surface area (Å²) < 4.78 is 7.46. The number of rotatable bonds is 6. The zero-order valence-corrected chi connectivity index (χ0v) is 19.9. The van der Waals surface area contributed by atoms with Gasteiger partial charge in [0.2, 0.25) is 5.95 Å². The van der Waals surface area contributed by atoms with Crippen molar-refractivity contribution in [3.63, 3.8) is 0 Å². The first-order valence-corrected chi connectivity index (χ1v) is 11.1. The zero-order valence-electron chi connectivity index (χ0n) is 19.1. The van der Waals surface area contributed by atoms with Crippen LogP contribution in [0.15, 0.2) is 48.8 Å². The van der Waals surface area contributed by atoms with Crippen LogP contribution in [0.3, 0.4) is 0 Å². The van der Waals surface area contributed by atoms with Crippen LogP contribution in [0.5, 0.6) is 5.75 Å². The van der Waals surface area contributed by atoms with Crippen molar-refractivity contribution in [2.45, 2.75) is 25.9 Å². The smallest absolute Gasteiger partial charge is 0.276 e. The molecule has 0 atom stereocenters. The van der Waals surface area contributed by atoms with Gasteiger partial charge in [0.1, 0.15) is 23.9 Å². The van der Waals surface area contributed by atoms with E-state index in [9.17, 15) is 9.59 Å². The second-order valence-corrected chi connectivity index (χ2v) is 8.25. The van der Waals surface area contributed by atoms with Gasteiger partial charge >= 0.3 is 0 Å². The number of hydrogen-bond donors (Lipinski definition) is 4. The average Bonchev–Trinajstić information content (AvgIpc) is 3.46. The van der Waals surface area contributed by atoms with Crippen molar-refractivity contribution in [2.75, 3.05) is 18.4 Å². The van der Waals surface area contributed by atoms with Crippen molar-refractivity contribution < 1.29 is 14.3 Å². The number of carbonyl (C=O) groups is 2. The predicted molar refractivity (Wildman–Crippen MR) is 135 cm³/mol. The van der Waals surface area contributed by atoms with Crippen LogP contribution in [0, 0.1) is 6.92 Å². The number of halogens is 1. The average molecular weight is 496 g/mol. The fourth-order valence-electron chi connectivity index (χ4n) is 4.10. The highest BCUT2D eigenvalue weighted by molar-refractivity contribution is 6.10. The maximum Gasteiger partial charge on any atom is 0.276 e. The third-order valence-corrected chi connectivity index (χ3v) is 5.86. The number of H-pyrrole nitrogens is 1. The number of hydrogen-bond acceptors (Lipinski definition) is 6. The van der Waals surface area contributed by atoms with E-state index in [1.54, 1.807) is 6.07 Å². The maximum atomic E-state index is 13.0. The summed E-state index contributed by atoms with van der Waals surface area (Å²) in [6.45, 7) is 3.77. The minimum absolute atomic E-state index is 0. The van der Waals surface area contributed by atoms with E-state index in [2.05, 4.69) is 25.6 Å². The van der Waals surface area contributed by atoms with E-state index in [0.717, 1.165) is 48.3 Å². The first-order valence-electron chi connectivity index (χ1n) is 11.1. The molecule has 5 N–H and O–H groups in total. The Morgan fingerprint density at radius 1 is 1.17 bits per heavy atom. The topological polar surface area (TPSA) is 140 Å². The van der Waals surface area contributed by atoms with Crippen molar-refractivity contribution in [1.82, 2.24) is 24.8 Å². The van der Waals surface area contributed by atoms with Gasteiger partial charge in [0.15, 0.2) is 5.69 Å². The van der Waals surface area contributed by atoms with Gasteiger partial charge in [-0.25, -0.2) is 9.97 Å². The molecule has 0 bridgehead atoms. The Hall–Kier alpha value is -3.89. The van der Waals surface area contributed by atoms with Gasteiger partial charge in [0.05, 0.1) is 11.0 Å². The zero-order chi connectivity index (χ0) is 23.7. The Morgan fingerprint density at radius 2 is 1.94 bits per heavy atom. The molecule has 2 amide bonds. The fourth-order valence-corrected chi connectivity index (χ4v) is 4.10. The number of carbonyl (C=O) groups excluding carboxylic acids is 2. The highest BCUT2D eigenvalue weighted by atomic mass is 35.5. The van der Waals surface area contributed by atoms with E-state index in [0.29, 0.717) is 11.6 Å². The van der Waals surface area contributed by atoms with Crippen LogP contribution in [-0.2, 0) is 0 Å². The Labute approximate surface area is 207 Å². The van der Waals surface area contributed by atoms with E-state index in [4.69, 9.17) is 10.5 Å². The number of imidazole rings is 2. The Kier molecular flexibility index (Phi) is 7.04. The number of nitrogens with one attached hydrogen (secondary N) is 3. The van der Waals surface area contributed by atoms with Crippen LogP contribution >= 0.6 is 12.4 Å². The Balaban J connectivity index is 0.00000289. The Bertz CT molecular complexity index is 1340. The summed E-state index contributed by atoms with van der Waals surface area (Å²) in [6, 6.07) is 12.9. The maximum absolute atomic E-state index is 13.0. The van der Waals surface area contributed by atoms with Crippen molar-refractivity contribution in [3.05, 3.63) is 65.7 Å². The molecule has 0 aliphatic carbocycles. The molecule has 0 unspecified atom stereocenters. The number of piperidine rings is 1. The second kappa shape index (κ2) is 10.2. The number of aryl methyl sites for hydroxylation is 1. The number of aromatic nitrogens is 4. The van der Waals surface area contributed by atoms with Crippen LogP contribution in [0.2, 0.25) is 0 Å². The van der Waals surface area contributed by atoms with Crippen LogP contribution in [0.1, 0.15) is 39.4 Å². The van der Waals surface area contributed by atoms with Gasteiger partial charge in [0, 0.05) is 5.69 Å². The van der Waals surface area contributed by atoms with Crippen LogP contribution in [0.25, 0.3) is 17.0 Å². The molecule has 35 heavy (non-hydrogen) atoms. The number of ether oxygens (including phenoxy) is 1. The molecule has 1 saturated heterocycles. The third kappa shape index (κ3) is 4.98. The molecule has 2 aromatic carbocycles. The number of nitrogens with zero attached hydrogens (tertiary/aromatic N) is 3. The molecule has 182 valence electrons. The molecule has 4 aromatic rings. The molecule has 10 nitrogen and oxygen atoms in total. The number of nitrogens with two attached hydrogens (primary N) is 1. The lowest BCUT2D eigenvalue weighted by Gasteiger charge is -2.24. The number of aromatic amines is 1. The van der Waals surface area contributed by atoms with Crippen molar-refractivity contribution in [2.24, 2.45) is 5.73 Å². The SMILES string of the molecule is Cc1cc(OC2CCNCC2)ccc1NC(=O)c1ncn(-c2nc3ccccc3[nH]2)c1C(N)=O.Cl. The molecule has 1 aliphatic rings. The van der Waals surface area contributed by atoms with Gasteiger partial charge in [-0.1, -0.05) is 12.1 Å². The van der Waals surface area contributed by atoms with E-state index in [-0.39, 0.29) is 29.9 Å². The molecule has 2 aromatic heterocycles. The standard InChI is InChI=1S/C24H25N7O3.ClH/c1-14-12-16(34-15-8-10-26-11-9-15)6-7-17(14)28-23(33)20-21(22(25)32)31(13-27-20)24-29-18-4-2-3-5-19(18)30-24;/h2-7,12-13,15,26H,8-11H2,1H3,(H2,25,32)(H,28,33)(H,29,30);1H. The summed E-state index contributed by atoms with van der Waals surface area (Å²) in [6.07, 6.45) is 3.46. The molecule has 1 fully saturated rings. The number of fused-ring (bicyclic) bond motifs is 1. The lowest BCUT2D eigenvalue weighted by atomic mass is 10.1. The van der Waals surface area contributed by atoms with E-state index >= 15 is 0 Å². The van der Waals surface area contributed by atoms with Gasteiger partial charge in [-0.05, 0) is 68.8 Å². The van der Waals surface area contributed by atoms with Gasteiger partial charge in [-0.15, -0.1) is 12.4 Å². The normalized spacial score (nSPS) is 13.9. The van der Waals surface area contributed by atoms with Gasteiger partial charge in [-0.2, -0.15) is 0 Å². The van der Waals surface area contributed by atoms with Crippen LogP contribution in [0.4, 0.5) is 5.69 Å². The lowest BCUT2D eigenvalue weighted by Crippen LogP contribution is -2.34. The van der Waals surface area contributed by atoms with Crippen molar-refractivity contribution in [3.8, 4) is 11.7 Å². The van der Waals surface area contributed by atoms with Crippen LogP contribution < -0.4 is 21.1 Å². The minimum Gasteiger partial charge on any atom is -0.490 e. The number of para-hydroxylation sites is 2. The van der Waals surface area contributed by atoms with Crippen LogP contribution in [-0.4, -0.2) is 50.5 Å². The molecule has 1 aliphatic heterocycles. The quantitative estimate of drug-likeness (QED) is 0.324. The molecular weight excluding hydrogens is 470 g/mol. The monoisotopic (exact) mass is 495 g/mol. The van der Waals surface area contributed by atoms with E-state index in [1.165, 1.54) is 10.9 Å². The fraction of sp³-hybridized carbons (Fsp3) is 0.250. The molecule has 0 spiro atoms. The number of amides is 2. The summed E-state index contributed by atoms with van der Waals surface area (Å²) in [5.74, 6) is -0.226. The second-order valence-electron chi connectivity index (χ2n) is 8.25. The molecule has 5 rings (SSSR count). The third-order valence-electron chi connectivity index (χ3n) is 5.86. The van der Waals surface area contributed by atoms with Gasteiger partial charge in [-0.3, -0.25) is 14.2 Å². The minimum atomic E-state index is -0.787. The number of primary amides is 1. The first kappa shape index (κ1) is 24.2. The highest BCUT2D eigenvalue weighted by Gasteiger charge is 2.25. The highest BCUT2D eigenvalue weighted by Crippen LogP contribution is 2.25. The first-order chi connectivity index (χ1) is 16.5. The summed E-state index contributed by atoms with van der Waals surface area (Å²) in [5, 5.41) is 6.14. The summed E-state index contributed by atoms with van der Waals surface area (Å²) in [5.41, 5.74) is 8.41. The lowest BCUT2D eigenvalue weighted by molar-refractivity contribution is 0.0970. The molecular formula is C24H26ClN7O3. The van der Waals surface area contributed by atoms with E-state index < -0.39 is 11.8 Å². The predicted octanol–water partition coefficient (Wildman–Crippen LogP) is 2.96. The molecule has 0 radical (unpaired) electrons. The largest absolute Gasteiger partial charge is 0.490 e. The molecule has 3 heterocycles. The summed E-state index contributed by atoms with van der Waals surface area (Å²) >= 11 is 0. The Morgan fingerprint density at radius 3 is 2.66 bits per heavy atom. The van der Waals surface area contributed by atoms with Gasteiger partial charge in [0.25, 0.3) is 11.8 Å². The summed E-state index contributed by atoms with van der Waals surface area (Å²) in [4.78, 5) is 37.1. The number of anilines is 1. The van der Waals surface area contributed by atoms with Gasteiger partial charge < -0.3 is 26.1 Å². The van der Waals surface area contributed by atoms with Crippen molar-refractivity contribution >= 4 is 40.9 Å². The van der Waals surface area contributed by atoms with Crippen molar-refractivity contribution in [1.29, 1.82) is 0 Å². The molecule has 11 heteroatoms. The number of benzene rings is 2.